The van der Waals surface area contributed by atoms with Crippen molar-refractivity contribution in [2.45, 2.75) is 18.9 Å². The molecule has 1 N–H and O–H groups in total. The SMILES string of the molecule is CN(C)c1ccccc1NC(=O)N1CCCC1c1ccncc1. The topological polar surface area (TPSA) is 48.5 Å². The summed E-state index contributed by atoms with van der Waals surface area (Å²) in [7, 11) is 3.95. The lowest BCUT2D eigenvalue weighted by Gasteiger charge is -2.26. The van der Waals surface area contributed by atoms with E-state index >= 15 is 0 Å². The van der Waals surface area contributed by atoms with E-state index in [0.29, 0.717) is 0 Å². The van der Waals surface area contributed by atoms with Crippen molar-refractivity contribution in [1.29, 1.82) is 0 Å². The van der Waals surface area contributed by atoms with Gasteiger partial charge in [-0.05, 0) is 42.7 Å². The molecular formula is C18H22N4O. The minimum atomic E-state index is -0.0430. The van der Waals surface area contributed by atoms with Crippen LogP contribution in [0.25, 0.3) is 0 Å². The molecule has 0 spiro atoms. The van der Waals surface area contributed by atoms with Crippen LogP contribution in [0.2, 0.25) is 0 Å². The Hall–Kier alpha value is -2.56. The number of likely N-dealkylation sites (tertiary alicyclic amines) is 1. The molecule has 3 rings (SSSR count). The summed E-state index contributed by atoms with van der Waals surface area (Å²) in [5, 5.41) is 3.06. The summed E-state index contributed by atoms with van der Waals surface area (Å²) in [6.07, 6.45) is 5.58. The number of nitrogens with one attached hydrogen (secondary N) is 1. The molecule has 2 aromatic rings. The third-order valence-corrected chi connectivity index (χ3v) is 4.23. The first kappa shape index (κ1) is 15.3. The van der Waals surface area contributed by atoms with Crippen LogP contribution in [0, 0.1) is 0 Å². The second-order valence-electron chi connectivity index (χ2n) is 5.97. The van der Waals surface area contributed by atoms with Gasteiger partial charge in [0.1, 0.15) is 0 Å². The molecule has 120 valence electrons. The zero-order valence-corrected chi connectivity index (χ0v) is 13.6. The van der Waals surface area contributed by atoms with Crippen LogP contribution in [0.15, 0.2) is 48.8 Å². The normalized spacial score (nSPS) is 17.1. The molecule has 0 saturated carbocycles. The fourth-order valence-corrected chi connectivity index (χ4v) is 3.10. The van der Waals surface area contributed by atoms with Gasteiger partial charge in [0.05, 0.1) is 17.4 Å². The Kier molecular flexibility index (Phi) is 4.46. The van der Waals surface area contributed by atoms with Crippen molar-refractivity contribution in [2.75, 3.05) is 30.9 Å². The molecule has 1 aromatic heterocycles. The van der Waals surface area contributed by atoms with Crippen LogP contribution in [0.1, 0.15) is 24.4 Å². The van der Waals surface area contributed by atoms with Gasteiger partial charge >= 0.3 is 6.03 Å². The van der Waals surface area contributed by atoms with Gasteiger partial charge in [-0.3, -0.25) is 4.98 Å². The summed E-state index contributed by atoms with van der Waals surface area (Å²) in [4.78, 5) is 20.7. The van der Waals surface area contributed by atoms with Gasteiger partial charge in [0.2, 0.25) is 0 Å². The Morgan fingerprint density at radius 2 is 1.96 bits per heavy atom. The number of benzene rings is 1. The Labute approximate surface area is 136 Å². The zero-order chi connectivity index (χ0) is 16.2. The molecule has 23 heavy (non-hydrogen) atoms. The van der Waals surface area contributed by atoms with Crippen LogP contribution in [-0.2, 0) is 0 Å². The van der Waals surface area contributed by atoms with Gasteiger partial charge in [-0.1, -0.05) is 12.1 Å². The highest BCUT2D eigenvalue weighted by atomic mass is 16.2. The van der Waals surface area contributed by atoms with E-state index in [-0.39, 0.29) is 12.1 Å². The highest BCUT2D eigenvalue weighted by Crippen LogP contribution is 2.33. The minimum Gasteiger partial charge on any atom is -0.376 e. The molecule has 1 aliphatic rings. The molecule has 5 nitrogen and oxygen atoms in total. The highest BCUT2D eigenvalue weighted by Gasteiger charge is 2.30. The predicted octanol–water partition coefficient (Wildman–Crippen LogP) is 3.52. The lowest BCUT2D eigenvalue weighted by atomic mass is 10.1. The zero-order valence-electron chi connectivity index (χ0n) is 13.6. The van der Waals surface area contributed by atoms with E-state index in [0.717, 1.165) is 36.3 Å². The van der Waals surface area contributed by atoms with Gasteiger partial charge in [-0.25, -0.2) is 4.79 Å². The van der Waals surface area contributed by atoms with E-state index < -0.39 is 0 Å². The van der Waals surface area contributed by atoms with E-state index in [1.807, 2.05) is 60.3 Å². The number of urea groups is 1. The molecule has 5 heteroatoms. The van der Waals surface area contributed by atoms with E-state index in [1.165, 1.54) is 0 Å². The monoisotopic (exact) mass is 310 g/mol. The molecule has 1 unspecified atom stereocenters. The molecule has 1 fully saturated rings. The number of carbonyl (C=O) groups is 1. The van der Waals surface area contributed by atoms with Gasteiger partial charge in [-0.15, -0.1) is 0 Å². The predicted molar refractivity (Wildman–Crippen MR) is 92.7 cm³/mol. The smallest absolute Gasteiger partial charge is 0.322 e. The number of hydrogen-bond donors (Lipinski definition) is 1. The summed E-state index contributed by atoms with van der Waals surface area (Å²) < 4.78 is 0. The lowest BCUT2D eigenvalue weighted by molar-refractivity contribution is 0.207. The van der Waals surface area contributed by atoms with Gasteiger partial charge in [0, 0.05) is 33.0 Å². The molecular weight excluding hydrogens is 288 g/mol. The van der Waals surface area contributed by atoms with E-state index in [4.69, 9.17) is 0 Å². The second-order valence-corrected chi connectivity index (χ2v) is 5.97. The largest absolute Gasteiger partial charge is 0.376 e. The van der Waals surface area contributed by atoms with Crippen molar-refractivity contribution >= 4 is 17.4 Å². The maximum absolute atomic E-state index is 12.8. The first-order chi connectivity index (χ1) is 11.2. The van der Waals surface area contributed by atoms with Gasteiger partial charge in [-0.2, -0.15) is 0 Å². The fraction of sp³-hybridized carbons (Fsp3) is 0.333. The van der Waals surface area contributed by atoms with E-state index in [9.17, 15) is 4.79 Å². The number of pyridine rings is 1. The first-order valence-corrected chi connectivity index (χ1v) is 7.90. The van der Waals surface area contributed by atoms with Crippen LogP contribution in [0.4, 0.5) is 16.2 Å². The van der Waals surface area contributed by atoms with Crippen molar-refractivity contribution in [3.05, 3.63) is 54.4 Å². The van der Waals surface area contributed by atoms with Crippen molar-refractivity contribution < 1.29 is 4.79 Å². The number of amides is 2. The third-order valence-electron chi connectivity index (χ3n) is 4.23. The van der Waals surface area contributed by atoms with Crippen LogP contribution < -0.4 is 10.2 Å². The third kappa shape index (κ3) is 3.28. The van der Waals surface area contributed by atoms with Crippen molar-refractivity contribution in [3.63, 3.8) is 0 Å². The molecule has 1 saturated heterocycles. The maximum atomic E-state index is 12.8. The summed E-state index contributed by atoms with van der Waals surface area (Å²) in [6.45, 7) is 0.781. The Bertz CT molecular complexity index is 672. The number of rotatable bonds is 3. The molecule has 0 aliphatic carbocycles. The van der Waals surface area contributed by atoms with Crippen LogP contribution in [0.5, 0.6) is 0 Å². The van der Waals surface area contributed by atoms with Crippen LogP contribution in [0.3, 0.4) is 0 Å². The van der Waals surface area contributed by atoms with E-state index in [2.05, 4.69) is 10.3 Å². The summed E-state index contributed by atoms with van der Waals surface area (Å²) in [6, 6.07) is 11.9. The fourth-order valence-electron chi connectivity index (χ4n) is 3.10. The van der Waals surface area contributed by atoms with Crippen molar-refractivity contribution in [1.82, 2.24) is 9.88 Å². The molecule has 0 bridgehead atoms. The second kappa shape index (κ2) is 6.69. The molecule has 2 heterocycles. The maximum Gasteiger partial charge on any atom is 0.322 e. The Morgan fingerprint density at radius 3 is 2.70 bits per heavy atom. The minimum absolute atomic E-state index is 0.0430. The Morgan fingerprint density at radius 1 is 1.22 bits per heavy atom. The lowest BCUT2D eigenvalue weighted by Crippen LogP contribution is -2.34. The van der Waals surface area contributed by atoms with Crippen LogP contribution >= 0.6 is 0 Å². The van der Waals surface area contributed by atoms with Crippen LogP contribution in [-0.4, -0.2) is 36.6 Å². The Balaban J connectivity index is 1.78. The highest BCUT2D eigenvalue weighted by molar-refractivity contribution is 5.93. The molecule has 0 radical (unpaired) electrons. The number of aromatic nitrogens is 1. The number of hydrogen-bond acceptors (Lipinski definition) is 3. The first-order valence-electron chi connectivity index (χ1n) is 7.90. The van der Waals surface area contributed by atoms with Crippen molar-refractivity contribution in [3.8, 4) is 0 Å². The quantitative estimate of drug-likeness (QED) is 0.943. The summed E-state index contributed by atoms with van der Waals surface area (Å²) in [5.74, 6) is 0. The standard InChI is InChI=1S/C18H22N4O/c1-21(2)17-7-4-3-6-15(17)20-18(23)22-13-5-8-16(22)14-9-11-19-12-10-14/h3-4,6-7,9-12,16H,5,8,13H2,1-2H3,(H,20,23). The molecule has 2 amide bonds. The summed E-state index contributed by atoms with van der Waals surface area (Å²) >= 11 is 0. The van der Waals surface area contributed by atoms with Gasteiger partial charge < -0.3 is 15.1 Å². The molecule has 1 atom stereocenters. The molecule has 1 aromatic carbocycles. The summed E-state index contributed by atoms with van der Waals surface area (Å²) in [5.41, 5.74) is 2.98. The van der Waals surface area contributed by atoms with Gasteiger partial charge in [0.25, 0.3) is 0 Å². The number of para-hydroxylation sites is 2. The number of nitrogens with zero attached hydrogens (tertiary/aromatic N) is 3. The van der Waals surface area contributed by atoms with E-state index in [1.54, 1.807) is 12.4 Å². The van der Waals surface area contributed by atoms with Gasteiger partial charge in [0.15, 0.2) is 0 Å². The molecule has 1 aliphatic heterocycles. The average Bonchev–Trinajstić information content (AvgIpc) is 3.05. The number of anilines is 2. The average molecular weight is 310 g/mol. The van der Waals surface area contributed by atoms with Crippen molar-refractivity contribution in [2.24, 2.45) is 0 Å². The number of carbonyl (C=O) groups excluding carboxylic acids is 1.